The van der Waals surface area contributed by atoms with E-state index in [4.69, 9.17) is 9.47 Å². The molecular weight excluding hydrogens is 352 g/mol. The van der Waals surface area contributed by atoms with Crippen LogP contribution in [0.15, 0.2) is 48.5 Å². The number of amides is 1. The van der Waals surface area contributed by atoms with Crippen LogP contribution < -0.4 is 9.47 Å². The number of carbonyl (C=O) groups is 1. The van der Waals surface area contributed by atoms with Crippen LogP contribution in [0.2, 0.25) is 0 Å². The first-order valence-corrected chi connectivity index (χ1v) is 9.87. The molecule has 1 unspecified atom stereocenters. The molecule has 5 heteroatoms. The maximum Gasteiger partial charge on any atom is 0.227 e. The first-order valence-electron chi connectivity index (χ1n) is 9.87. The molecule has 5 nitrogen and oxygen atoms in total. The predicted molar refractivity (Wildman–Crippen MR) is 111 cm³/mol. The van der Waals surface area contributed by atoms with Crippen LogP contribution in [0, 0.1) is 0 Å². The maximum absolute atomic E-state index is 12.7. The van der Waals surface area contributed by atoms with Crippen molar-refractivity contribution in [3.8, 4) is 11.5 Å². The smallest absolute Gasteiger partial charge is 0.227 e. The summed E-state index contributed by atoms with van der Waals surface area (Å²) < 4.78 is 10.6. The molecule has 28 heavy (non-hydrogen) atoms. The summed E-state index contributed by atoms with van der Waals surface area (Å²) in [5.41, 5.74) is 2.31. The van der Waals surface area contributed by atoms with E-state index in [9.17, 15) is 4.79 Å². The lowest BCUT2D eigenvalue weighted by Crippen LogP contribution is -2.52. The van der Waals surface area contributed by atoms with Gasteiger partial charge in [0.1, 0.15) is 0 Å². The van der Waals surface area contributed by atoms with E-state index < -0.39 is 0 Å². The Kier molecular flexibility index (Phi) is 6.93. The van der Waals surface area contributed by atoms with Gasteiger partial charge in [0, 0.05) is 32.2 Å². The highest BCUT2D eigenvalue weighted by Gasteiger charge is 2.24. The highest BCUT2D eigenvalue weighted by atomic mass is 16.5. The molecule has 0 radical (unpaired) electrons. The normalized spacial score (nSPS) is 15.9. The molecule has 2 aromatic carbocycles. The third-order valence-electron chi connectivity index (χ3n) is 5.47. The third kappa shape index (κ3) is 5.04. The third-order valence-corrected chi connectivity index (χ3v) is 5.47. The topological polar surface area (TPSA) is 42.0 Å². The molecule has 0 saturated carbocycles. The standard InChI is InChI=1S/C23H30N2O3/c1-18(15-19-7-5-4-6-8-19)24-11-13-25(14-12-24)23(26)17-20-9-10-21(27-2)22(16-20)28-3/h4-10,16,18H,11-15,17H2,1-3H3. The van der Waals surface area contributed by atoms with Crippen LogP contribution in [0.25, 0.3) is 0 Å². The number of ether oxygens (including phenoxy) is 2. The summed E-state index contributed by atoms with van der Waals surface area (Å²) in [6, 6.07) is 16.7. The SMILES string of the molecule is COc1ccc(CC(=O)N2CCN(C(C)Cc3ccccc3)CC2)cc1OC. The van der Waals surface area contributed by atoms with Crippen molar-refractivity contribution in [3.63, 3.8) is 0 Å². The molecular formula is C23H30N2O3. The molecule has 1 amide bonds. The van der Waals surface area contributed by atoms with Crippen molar-refractivity contribution in [3.05, 3.63) is 59.7 Å². The number of rotatable bonds is 7. The fourth-order valence-corrected chi connectivity index (χ4v) is 3.77. The van der Waals surface area contributed by atoms with Crippen LogP contribution in [-0.2, 0) is 17.6 Å². The Balaban J connectivity index is 1.51. The summed E-state index contributed by atoms with van der Waals surface area (Å²) in [6.45, 7) is 5.68. The van der Waals surface area contributed by atoms with E-state index in [0.717, 1.165) is 38.2 Å². The predicted octanol–water partition coefficient (Wildman–Crippen LogP) is 3.02. The first kappa shape index (κ1) is 20.2. The maximum atomic E-state index is 12.7. The Labute approximate surface area is 167 Å². The number of piperazine rings is 1. The zero-order valence-electron chi connectivity index (χ0n) is 17.1. The summed E-state index contributed by atoms with van der Waals surface area (Å²) in [7, 11) is 3.22. The summed E-state index contributed by atoms with van der Waals surface area (Å²) in [5, 5.41) is 0. The van der Waals surface area contributed by atoms with Gasteiger partial charge in [0.2, 0.25) is 5.91 Å². The van der Waals surface area contributed by atoms with E-state index in [-0.39, 0.29) is 5.91 Å². The molecule has 150 valence electrons. The number of hydrogen-bond acceptors (Lipinski definition) is 4. The van der Waals surface area contributed by atoms with Crippen LogP contribution in [-0.4, -0.2) is 62.1 Å². The molecule has 0 N–H and O–H groups in total. The second-order valence-electron chi connectivity index (χ2n) is 7.32. The fraction of sp³-hybridized carbons (Fsp3) is 0.435. The van der Waals surface area contributed by atoms with Gasteiger partial charge in [0.15, 0.2) is 11.5 Å². The Morgan fingerprint density at radius 3 is 2.25 bits per heavy atom. The van der Waals surface area contributed by atoms with Gasteiger partial charge in [0.25, 0.3) is 0 Å². The lowest BCUT2D eigenvalue weighted by atomic mass is 10.1. The molecule has 3 rings (SSSR count). The van der Waals surface area contributed by atoms with Gasteiger partial charge in [-0.15, -0.1) is 0 Å². The highest BCUT2D eigenvalue weighted by molar-refractivity contribution is 5.79. The van der Waals surface area contributed by atoms with Gasteiger partial charge in [-0.05, 0) is 36.6 Å². The molecule has 1 aliphatic rings. The van der Waals surface area contributed by atoms with Crippen molar-refractivity contribution in [1.82, 2.24) is 9.80 Å². The van der Waals surface area contributed by atoms with Crippen LogP contribution in [0.5, 0.6) is 11.5 Å². The van der Waals surface area contributed by atoms with E-state index in [1.165, 1.54) is 5.56 Å². The van der Waals surface area contributed by atoms with Gasteiger partial charge < -0.3 is 14.4 Å². The lowest BCUT2D eigenvalue weighted by Gasteiger charge is -2.38. The van der Waals surface area contributed by atoms with Crippen molar-refractivity contribution in [2.24, 2.45) is 0 Å². The molecule has 1 atom stereocenters. The van der Waals surface area contributed by atoms with Gasteiger partial charge in [-0.1, -0.05) is 36.4 Å². The van der Waals surface area contributed by atoms with Crippen molar-refractivity contribution in [2.45, 2.75) is 25.8 Å². The van der Waals surface area contributed by atoms with Crippen molar-refractivity contribution in [1.29, 1.82) is 0 Å². The molecule has 0 bridgehead atoms. The fourth-order valence-electron chi connectivity index (χ4n) is 3.77. The largest absolute Gasteiger partial charge is 0.493 e. The van der Waals surface area contributed by atoms with E-state index in [0.29, 0.717) is 24.0 Å². The molecule has 1 saturated heterocycles. The summed E-state index contributed by atoms with van der Waals surface area (Å²) in [6.07, 6.45) is 1.43. The Bertz CT molecular complexity index is 771. The quantitative estimate of drug-likeness (QED) is 0.738. The van der Waals surface area contributed by atoms with Crippen molar-refractivity contribution in [2.75, 3.05) is 40.4 Å². The monoisotopic (exact) mass is 382 g/mol. The minimum atomic E-state index is 0.169. The summed E-state index contributed by atoms with van der Waals surface area (Å²) >= 11 is 0. The highest BCUT2D eigenvalue weighted by Crippen LogP contribution is 2.28. The summed E-state index contributed by atoms with van der Waals surface area (Å²) in [4.78, 5) is 17.2. The van der Waals surface area contributed by atoms with Gasteiger partial charge in [-0.2, -0.15) is 0 Å². The van der Waals surface area contributed by atoms with Gasteiger partial charge in [0.05, 0.1) is 20.6 Å². The van der Waals surface area contributed by atoms with Gasteiger partial charge in [-0.25, -0.2) is 0 Å². The second-order valence-corrected chi connectivity index (χ2v) is 7.32. The number of hydrogen-bond donors (Lipinski definition) is 0. The van der Waals surface area contributed by atoms with Gasteiger partial charge >= 0.3 is 0 Å². The van der Waals surface area contributed by atoms with Crippen LogP contribution in [0.4, 0.5) is 0 Å². The van der Waals surface area contributed by atoms with E-state index in [2.05, 4.69) is 42.2 Å². The van der Waals surface area contributed by atoms with E-state index >= 15 is 0 Å². The van der Waals surface area contributed by atoms with Gasteiger partial charge in [-0.3, -0.25) is 9.69 Å². The average molecular weight is 383 g/mol. The molecule has 2 aromatic rings. The zero-order chi connectivity index (χ0) is 19.9. The second kappa shape index (κ2) is 9.60. The Morgan fingerprint density at radius 1 is 0.929 bits per heavy atom. The Morgan fingerprint density at radius 2 is 1.61 bits per heavy atom. The molecule has 1 heterocycles. The van der Waals surface area contributed by atoms with Crippen molar-refractivity contribution >= 4 is 5.91 Å². The number of benzene rings is 2. The van der Waals surface area contributed by atoms with Crippen LogP contribution >= 0.6 is 0 Å². The van der Waals surface area contributed by atoms with E-state index in [1.54, 1.807) is 14.2 Å². The first-order chi connectivity index (χ1) is 13.6. The Hall–Kier alpha value is -2.53. The minimum absolute atomic E-state index is 0.169. The number of methoxy groups -OCH3 is 2. The van der Waals surface area contributed by atoms with Crippen molar-refractivity contribution < 1.29 is 14.3 Å². The average Bonchev–Trinajstić information content (AvgIpc) is 2.74. The lowest BCUT2D eigenvalue weighted by molar-refractivity contribution is -0.132. The molecule has 1 fully saturated rings. The minimum Gasteiger partial charge on any atom is -0.493 e. The molecule has 0 spiro atoms. The zero-order valence-corrected chi connectivity index (χ0v) is 17.1. The number of nitrogens with zero attached hydrogens (tertiary/aromatic N) is 2. The summed E-state index contributed by atoms with van der Waals surface area (Å²) in [5.74, 6) is 1.51. The molecule has 0 aliphatic carbocycles. The number of carbonyl (C=O) groups excluding carboxylic acids is 1. The van der Waals surface area contributed by atoms with Crippen LogP contribution in [0.1, 0.15) is 18.1 Å². The molecule has 0 aromatic heterocycles. The van der Waals surface area contributed by atoms with E-state index in [1.807, 2.05) is 23.1 Å². The van der Waals surface area contributed by atoms with Crippen LogP contribution in [0.3, 0.4) is 0 Å². The molecule has 1 aliphatic heterocycles.